The number of benzene rings is 1. The van der Waals surface area contributed by atoms with Gasteiger partial charge < -0.3 is 14.8 Å². The van der Waals surface area contributed by atoms with Crippen LogP contribution in [0.5, 0.6) is 11.5 Å². The van der Waals surface area contributed by atoms with E-state index in [0.717, 1.165) is 22.1 Å². The Morgan fingerprint density at radius 3 is 2.40 bits per heavy atom. The van der Waals surface area contributed by atoms with Gasteiger partial charge in [0.2, 0.25) is 0 Å². The molecule has 1 aromatic rings. The molecule has 1 aliphatic carbocycles. The maximum atomic E-state index is 6.48. The van der Waals surface area contributed by atoms with Crippen LogP contribution in [0.15, 0.2) is 12.1 Å². The summed E-state index contributed by atoms with van der Waals surface area (Å²) in [5.41, 5.74) is 1.14. The predicted octanol–water partition coefficient (Wildman–Crippen LogP) is 3.95. The Kier molecular flexibility index (Phi) is 4.37. The molecule has 20 heavy (non-hydrogen) atoms. The topological polar surface area (TPSA) is 30.5 Å². The lowest BCUT2D eigenvalue weighted by Crippen LogP contribution is -2.27. The van der Waals surface area contributed by atoms with E-state index in [4.69, 9.17) is 21.1 Å². The first-order valence-electron chi connectivity index (χ1n) is 7.56. The summed E-state index contributed by atoms with van der Waals surface area (Å²) < 4.78 is 11.3. The maximum absolute atomic E-state index is 6.48. The van der Waals surface area contributed by atoms with Gasteiger partial charge in [0.15, 0.2) is 11.5 Å². The molecule has 0 bridgehead atoms. The van der Waals surface area contributed by atoms with Gasteiger partial charge >= 0.3 is 0 Å². The Morgan fingerprint density at radius 1 is 1.10 bits per heavy atom. The van der Waals surface area contributed by atoms with Crippen molar-refractivity contribution in [2.24, 2.45) is 5.92 Å². The molecule has 1 heterocycles. The monoisotopic (exact) mass is 295 g/mol. The molecular formula is C16H22ClNO2. The summed E-state index contributed by atoms with van der Waals surface area (Å²) in [7, 11) is 2.02. The molecule has 1 aliphatic heterocycles. The standard InChI is InChI=1S/C16H22ClNO2/c1-18-16(11-5-3-2-4-6-11)12-9-14-15(10-13(12)17)20-8-7-19-14/h9-11,16,18H,2-8H2,1H3. The van der Waals surface area contributed by atoms with Crippen LogP contribution in [-0.4, -0.2) is 20.3 Å². The quantitative estimate of drug-likeness (QED) is 0.916. The van der Waals surface area contributed by atoms with Crippen LogP contribution in [0.25, 0.3) is 0 Å². The second-order valence-electron chi connectivity index (χ2n) is 5.68. The first-order chi connectivity index (χ1) is 9.79. The third kappa shape index (κ3) is 2.75. The fourth-order valence-electron chi connectivity index (χ4n) is 3.43. The Balaban J connectivity index is 1.90. The van der Waals surface area contributed by atoms with Crippen LogP contribution >= 0.6 is 11.6 Å². The molecule has 3 rings (SSSR count). The molecule has 0 saturated heterocycles. The van der Waals surface area contributed by atoms with Crippen molar-refractivity contribution in [3.05, 3.63) is 22.7 Å². The van der Waals surface area contributed by atoms with Gasteiger partial charge in [0.1, 0.15) is 13.2 Å². The smallest absolute Gasteiger partial charge is 0.162 e. The molecule has 0 spiro atoms. The van der Waals surface area contributed by atoms with Crippen molar-refractivity contribution in [2.75, 3.05) is 20.3 Å². The molecule has 3 nitrogen and oxygen atoms in total. The fraction of sp³-hybridized carbons (Fsp3) is 0.625. The second-order valence-corrected chi connectivity index (χ2v) is 6.09. The molecule has 0 amide bonds. The van der Waals surface area contributed by atoms with Gasteiger partial charge in [-0.15, -0.1) is 0 Å². The van der Waals surface area contributed by atoms with E-state index in [1.165, 1.54) is 32.1 Å². The first-order valence-corrected chi connectivity index (χ1v) is 7.93. The average Bonchev–Trinajstić information content (AvgIpc) is 2.49. The molecular weight excluding hydrogens is 274 g/mol. The first kappa shape index (κ1) is 14.0. The van der Waals surface area contributed by atoms with Crippen molar-refractivity contribution in [2.45, 2.75) is 38.1 Å². The molecule has 1 N–H and O–H groups in total. The van der Waals surface area contributed by atoms with Crippen LogP contribution in [0, 0.1) is 5.92 Å². The lowest BCUT2D eigenvalue weighted by atomic mass is 9.81. The van der Waals surface area contributed by atoms with Gasteiger partial charge in [0.25, 0.3) is 0 Å². The summed E-state index contributed by atoms with van der Waals surface area (Å²) in [6, 6.07) is 4.27. The zero-order valence-corrected chi connectivity index (χ0v) is 12.7. The van der Waals surface area contributed by atoms with Crippen LogP contribution < -0.4 is 14.8 Å². The fourth-order valence-corrected chi connectivity index (χ4v) is 3.70. The largest absolute Gasteiger partial charge is 0.486 e. The highest BCUT2D eigenvalue weighted by Gasteiger charge is 2.27. The highest BCUT2D eigenvalue weighted by Crippen LogP contribution is 2.42. The minimum atomic E-state index is 0.304. The lowest BCUT2D eigenvalue weighted by Gasteiger charge is -2.31. The van der Waals surface area contributed by atoms with Crippen LogP contribution in [0.4, 0.5) is 0 Å². The van der Waals surface area contributed by atoms with Gasteiger partial charge in [-0.3, -0.25) is 0 Å². The molecule has 4 heteroatoms. The van der Waals surface area contributed by atoms with Crippen molar-refractivity contribution in [1.82, 2.24) is 5.32 Å². The van der Waals surface area contributed by atoms with E-state index in [0.29, 0.717) is 25.2 Å². The highest BCUT2D eigenvalue weighted by molar-refractivity contribution is 6.31. The van der Waals surface area contributed by atoms with Crippen LogP contribution in [-0.2, 0) is 0 Å². The van der Waals surface area contributed by atoms with Crippen LogP contribution in [0.1, 0.15) is 43.7 Å². The number of fused-ring (bicyclic) bond motifs is 1. The Hall–Kier alpha value is -0.930. The van der Waals surface area contributed by atoms with E-state index in [9.17, 15) is 0 Å². The van der Waals surface area contributed by atoms with E-state index < -0.39 is 0 Å². The third-order valence-electron chi connectivity index (χ3n) is 4.43. The van der Waals surface area contributed by atoms with Gasteiger partial charge in [-0.05, 0) is 37.4 Å². The van der Waals surface area contributed by atoms with E-state index in [1.807, 2.05) is 13.1 Å². The molecule has 1 atom stereocenters. The molecule has 110 valence electrons. The average molecular weight is 296 g/mol. The summed E-state index contributed by atoms with van der Waals surface area (Å²) >= 11 is 6.48. The molecule has 2 aliphatic rings. The zero-order valence-electron chi connectivity index (χ0n) is 12.0. The zero-order chi connectivity index (χ0) is 13.9. The van der Waals surface area contributed by atoms with Gasteiger partial charge in [-0.25, -0.2) is 0 Å². The van der Waals surface area contributed by atoms with Crippen molar-refractivity contribution >= 4 is 11.6 Å². The molecule has 0 aromatic heterocycles. The summed E-state index contributed by atoms with van der Waals surface area (Å²) in [5.74, 6) is 2.25. The maximum Gasteiger partial charge on any atom is 0.162 e. The van der Waals surface area contributed by atoms with E-state index in [1.54, 1.807) is 0 Å². The number of hydrogen-bond donors (Lipinski definition) is 1. The summed E-state index contributed by atoms with van der Waals surface area (Å²) in [5, 5.41) is 4.23. The van der Waals surface area contributed by atoms with Crippen molar-refractivity contribution in [1.29, 1.82) is 0 Å². The van der Waals surface area contributed by atoms with E-state index >= 15 is 0 Å². The minimum absolute atomic E-state index is 0.304. The van der Waals surface area contributed by atoms with Crippen molar-refractivity contribution < 1.29 is 9.47 Å². The van der Waals surface area contributed by atoms with Crippen molar-refractivity contribution in [3.63, 3.8) is 0 Å². The third-order valence-corrected chi connectivity index (χ3v) is 4.76. The summed E-state index contributed by atoms with van der Waals surface area (Å²) in [4.78, 5) is 0. The summed E-state index contributed by atoms with van der Waals surface area (Å²) in [6.07, 6.45) is 6.56. The molecule has 1 unspecified atom stereocenters. The Bertz CT molecular complexity index is 472. The summed E-state index contributed by atoms with van der Waals surface area (Å²) in [6.45, 7) is 1.21. The van der Waals surface area contributed by atoms with E-state index in [2.05, 4.69) is 11.4 Å². The second kappa shape index (κ2) is 6.23. The van der Waals surface area contributed by atoms with Crippen LogP contribution in [0.2, 0.25) is 5.02 Å². The van der Waals surface area contributed by atoms with Crippen molar-refractivity contribution in [3.8, 4) is 11.5 Å². The van der Waals surface area contributed by atoms with Gasteiger partial charge in [-0.2, -0.15) is 0 Å². The number of ether oxygens (including phenoxy) is 2. The Morgan fingerprint density at radius 2 is 1.75 bits per heavy atom. The predicted molar refractivity (Wildman–Crippen MR) is 80.8 cm³/mol. The normalized spacial score (nSPS) is 20.7. The van der Waals surface area contributed by atoms with Gasteiger partial charge in [0, 0.05) is 17.1 Å². The number of rotatable bonds is 3. The lowest BCUT2D eigenvalue weighted by molar-refractivity contribution is 0.171. The Labute approximate surface area is 125 Å². The molecule has 1 aromatic carbocycles. The number of nitrogens with one attached hydrogen (secondary N) is 1. The minimum Gasteiger partial charge on any atom is -0.486 e. The molecule has 1 fully saturated rings. The molecule has 1 saturated carbocycles. The highest BCUT2D eigenvalue weighted by atomic mass is 35.5. The van der Waals surface area contributed by atoms with E-state index in [-0.39, 0.29) is 0 Å². The number of halogens is 1. The SMILES string of the molecule is CNC(c1cc2c(cc1Cl)OCCO2)C1CCCCC1. The number of hydrogen-bond acceptors (Lipinski definition) is 3. The van der Waals surface area contributed by atoms with Crippen LogP contribution in [0.3, 0.4) is 0 Å². The van der Waals surface area contributed by atoms with Gasteiger partial charge in [-0.1, -0.05) is 30.9 Å². The van der Waals surface area contributed by atoms with Gasteiger partial charge in [0.05, 0.1) is 0 Å². The molecule has 0 radical (unpaired) electrons.